The van der Waals surface area contributed by atoms with E-state index < -0.39 is 29.8 Å². The Balaban J connectivity index is 2.94. The lowest BCUT2D eigenvalue weighted by Gasteiger charge is -2.16. The quantitative estimate of drug-likeness (QED) is 0.608. The number of rotatable bonds is 6. The van der Waals surface area contributed by atoms with Crippen LogP contribution in [0.2, 0.25) is 0 Å². The SMILES string of the molecule is CC(C)n1cc([N+](=O)[O-])cc1C(=O)NCC(F)(F)CN. The molecule has 0 atom stereocenters. The Kier molecular flexibility index (Phi) is 4.77. The molecular formula is C11H16F2N4O3. The number of halogens is 2. The molecule has 0 unspecified atom stereocenters. The number of hydrogen-bond donors (Lipinski definition) is 2. The number of alkyl halides is 2. The van der Waals surface area contributed by atoms with E-state index in [4.69, 9.17) is 5.73 Å². The maximum atomic E-state index is 13.0. The van der Waals surface area contributed by atoms with Gasteiger partial charge >= 0.3 is 0 Å². The molecule has 0 radical (unpaired) electrons. The minimum atomic E-state index is -3.21. The van der Waals surface area contributed by atoms with Crippen molar-refractivity contribution in [3.8, 4) is 0 Å². The molecule has 1 rings (SSSR count). The van der Waals surface area contributed by atoms with Crippen LogP contribution >= 0.6 is 0 Å². The molecule has 1 heterocycles. The van der Waals surface area contributed by atoms with E-state index in [0.717, 1.165) is 6.07 Å². The molecule has 3 N–H and O–H groups in total. The standard InChI is InChI=1S/C11H16F2N4O3/c1-7(2)16-4-8(17(19)20)3-9(16)10(18)15-6-11(12,13)5-14/h3-4,7H,5-6,14H2,1-2H3,(H,15,18). The van der Waals surface area contributed by atoms with E-state index in [1.54, 1.807) is 13.8 Å². The van der Waals surface area contributed by atoms with Crippen LogP contribution in [0.5, 0.6) is 0 Å². The molecule has 0 bridgehead atoms. The Hall–Kier alpha value is -2.03. The van der Waals surface area contributed by atoms with Crippen LogP contribution in [-0.2, 0) is 0 Å². The summed E-state index contributed by atoms with van der Waals surface area (Å²) in [6, 6.07) is 0.829. The second-order valence-electron chi connectivity index (χ2n) is 4.58. The molecule has 0 aromatic carbocycles. The fourth-order valence-electron chi connectivity index (χ4n) is 1.55. The Morgan fingerprint density at radius 3 is 2.65 bits per heavy atom. The van der Waals surface area contributed by atoms with Crippen LogP contribution < -0.4 is 11.1 Å². The highest BCUT2D eigenvalue weighted by atomic mass is 19.3. The van der Waals surface area contributed by atoms with Gasteiger partial charge < -0.3 is 15.6 Å². The number of hydrogen-bond acceptors (Lipinski definition) is 4. The third-order valence-electron chi connectivity index (χ3n) is 2.64. The first-order valence-electron chi connectivity index (χ1n) is 5.90. The third kappa shape index (κ3) is 3.73. The molecule has 112 valence electrons. The Bertz CT molecular complexity index is 514. The number of carbonyl (C=O) groups excluding carboxylic acids is 1. The Morgan fingerprint density at radius 2 is 2.20 bits per heavy atom. The molecule has 1 amide bonds. The molecule has 0 aliphatic heterocycles. The van der Waals surface area contributed by atoms with Crippen molar-refractivity contribution in [2.24, 2.45) is 5.73 Å². The zero-order valence-corrected chi connectivity index (χ0v) is 11.1. The largest absolute Gasteiger partial charge is 0.345 e. The number of nitrogens with two attached hydrogens (primary N) is 1. The number of nitrogens with one attached hydrogen (secondary N) is 1. The maximum absolute atomic E-state index is 13.0. The maximum Gasteiger partial charge on any atom is 0.287 e. The van der Waals surface area contributed by atoms with Crippen LogP contribution in [0.15, 0.2) is 12.3 Å². The van der Waals surface area contributed by atoms with Crippen molar-refractivity contribution in [3.63, 3.8) is 0 Å². The topological polar surface area (TPSA) is 103 Å². The smallest absolute Gasteiger partial charge is 0.287 e. The van der Waals surface area contributed by atoms with E-state index in [9.17, 15) is 23.7 Å². The fraction of sp³-hybridized carbons (Fsp3) is 0.545. The molecule has 0 saturated heterocycles. The number of nitro groups is 1. The van der Waals surface area contributed by atoms with Gasteiger partial charge in [-0.25, -0.2) is 8.78 Å². The van der Waals surface area contributed by atoms with Gasteiger partial charge in [-0.3, -0.25) is 14.9 Å². The normalized spacial score (nSPS) is 11.7. The molecule has 0 aliphatic rings. The zero-order chi connectivity index (χ0) is 15.5. The Morgan fingerprint density at radius 1 is 1.60 bits per heavy atom. The first kappa shape index (κ1) is 16.0. The van der Waals surface area contributed by atoms with Crippen LogP contribution in [0.4, 0.5) is 14.5 Å². The molecule has 20 heavy (non-hydrogen) atoms. The van der Waals surface area contributed by atoms with Gasteiger partial charge in [0.15, 0.2) is 0 Å². The third-order valence-corrected chi connectivity index (χ3v) is 2.64. The lowest BCUT2D eigenvalue weighted by atomic mass is 10.3. The zero-order valence-electron chi connectivity index (χ0n) is 11.1. The Labute approximate surface area is 113 Å². The summed E-state index contributed by atoms with van der Waals surface area (Å²) in [7, 11) is 0. The monoisotopic (exact) mass is 290 g/mol. The van der Waals surface area contributed by atoms with E-state index in [1.807, 2.05) is 5.32 Å². The number of nitrogens with zero attached hydrogens (tertiary/aromatic N) is 2. The number of carbonyl (C=O) groups is 1. The number of aromatic nitrogens is 1. The summed E-state index contributed by atoms with van der Waals surface area (Å²) in [5, 5.41) is 12.7. The van der Waals surface area contributed by atoms with Crippen molar-refractivity contribution in [2.75, 3.05) is 13.1 Å². The summed E-state index contributed by atoms with van der Waals surface area (Å²) in [6.07, 6.45) is 1.20. The van der Waals surface area contributed by atoms with Gasteiger partial charge in [0.05, 0.1) is 24.2 Å². The van der Waals surface area contributed by atoms with Gasteiger partial charge in [0.1, 0.15) is 5.69 Å². The fourth-order valence-corrected chi connectivity index (χ4v) is 1.55. The van der Waals surface area contributed by atoms with E-state index in [2.05, 4.69) is 0 Å². The van der Waals surface area contributed by atoms with Gasteiger partial charge in [0.2, 0.25) is 0 Å². The van der Waals surface area contributed by atoms with Crippen molar-refractivity contribution in [3.05, 3.63) is 28.1 Å². The first-order valence-corrected chi connectivity index (χ1v) is 5.90. The molecular weight excluding hydrogens is 274 g/mol. The van der Waals surface area contributed by atoms with Gasteiger partial charge in [0, 0.05) is 12.1 Å². The van der Waals surface area contributed by atoms with Gasteiger partial charge in [-0.05, 0) is 13.8 Å². The predicted octanol–water partition coefficient (Wildman–Crippen LogP) is 1.30. The van der Waals surface area contributed by atoms with Crippen molar-refractivity contribution in [1.82, 2.24) is 9.88 Å². The van der Waals surface area contributed by atoms with Gasteiger partial charge in [-0.15, -0.1) is 0 Å². The average molecular weight is 290 g/mol. The average Bonchev–Trinajstić information content (AvgIpc) is 2.81. The predicted molar refractivity (Wildman–Crippen MR) is 67.8 cm³/mol. The molecule has 0 saturated carbocycles. The van der Waals surface area contributed by atoms with Crippen LogP contribution in [0.3, 0.4) is 0 Å². The first-order chi connectivity index (χ1) is 9.18. The number of amides is 1. The van der Waals surface area contributed by atoms with E-state index in [1.165, 1.54) is 10.8 Å². The van der Waals surface area contributed by atoms with E-state index in [0.29, 0.717) is 0 Å². The van der Waals surface area contributed by atoms with Gasteiger partial charge in [-0.2, -0.15) is 0 Å². The molecule has 0 spiro atoms. The molecule has 0 fully saturated rings. The van der Waals surface area contributed by atoms with E-state index >= 15 is 0 Å². The van der Waals surface area contributed by atoms with Gasteiger partial charge in [-0.1, -0.05) is 0 Å². The molecule has 1 aromatic rings. The summed E-state index contributed by atoms with van der Waals surface area (Å²) in [5.41, 5.74) is 4.55. The minimum Gasteiger partial charge on any atom is -0.345 e. The lowest BCUT2D eigenvalue weighted by Crippen LogP contribution is -2.42. The summed E-state index contributed by atoms with van der Waals surface area (Å²) in [4.78, 5) is 21.9. The highest BCUT2D eigenvalue weighted by Gasteiger charge is 2.28. The molecule has 0 aliphatic carbocycles. The van der Waals surface area contributed by atoms with Crippen LogP contribution in [0.25, 0.3) is 0 Å². The lowest BCUT2D eigenvalue weighted by molar-refractivity contribution is -0.384. The van der Waals surface area contributed by atoms with Crippen molar-refractivity contribution in [2.45, 2.75) is 25.8 Å². The summed E-state index contributed by atoms with van der Waals surface area (Å²) < 4.78 is 27.3. The van der Waals surface area contributed by atoms with Crippen LogP contribution in [-0.4, -0.2) is 34.4 Å². The second kappa shape index (κ2) is 5.95. The summed E-state index contributed by atoms with van der Waals surface area (Å²) >= 11 is 0. The minimum absolute atomic E-state index is 0.0421. The van der Waals surface area contributed by atoms with Gasteiger partial charge in [0.25, 0.3) is 17.5 Å². The molecule has 7 nitrogen and oxygen atoms in total. The molecule has 1 aromatic heterocycles. The van der Waals surface area contributed by atoms with Crippen molar-refractivity contribution < 1.29 is 18.5 Å². The van der Waals surface area contributed by atoms with Crippen LogP contribution in [0.1, 0.15) is 30.4 Å². The van der Waals surface area contributed by atoms with Crippen LogP contribution in [0, 0.1) is 10.1 Å². The van der Waals surface area contributed by atoms with E-state index in [-0.39, 0.29) is 17.4 Å². The second-order valence-corrected chi connectivity index (χ2v) is 4.58. The van der Waals surface area contributed by atoms with Crippen molar-refractivity contribution in [1.29, 1.82) is 0 Å². The highest BCUT2D eigenvalue weighted by Crippen LogP contribution is 2.21. The summed E-state index contributed by atoms with van der Waals surface area (Å²) in [5.74, 6) is -4.02. The van der Waals surface area contributed by atoms with Crippen molar-refractivity contribution >= 4 is 11.6 Å². The highest BCUT2D eigenvalue weighted by molar-refractivity contribution is 5.93. The summed E-state index contributed by atoms with van der Waals surface area (Å²) in [6.45, 7) is 1.63. The molecule has 9 heteroatoms.